The molecule has 0 fully saturated rings. The van der Waals surface area contributed by atoms with Gasteiger partial charge in [0.15, 0.2) is 12.1 Å². The van der Waals surface area contributed by atoms with Crippen LogP contribution in [0.15, 0.2) is 0 Å². The van der Waals surface area contributed by atoms with Gasteiger partial charge in [0.05, 0.1) is 0 Å². The highest BCUT2D eigenvalue weighted by atomic mass is 16.6. The van der Waals surface area contributed by atoms with Gasteiger partial charge in [0, 0.05) is 13.5 Å². The van der Waals surface area contributed by atoms with E-state index in [1.807, 2.05) is 0 Å². The van der Waals surface area contributed by atoms with Crippen LogP contribution in [0, 0.1) is 0 Å². The van der Waals surface area contributed by atoms with Crippen LogP contribution in [0.4, 0.5) is 0 Å². The maximum absolute atomic E-state index is 11.7. The first-order chi connectivity index (χ1) is 7.46. The van der Waals surface area contributed by atoms with E-state index in [-0.39, 0.29) is 5.78 Å². The summed E-state index contributed by atoms with van der Waals surface area (Å²) in [4.78, 5) is 11.7. The molecule has 0 spiro atoms. The van der Waals surface area contributed by atoms with Crippen molar-refractivity contribution in [2.45, 2.75) is 64.2 Å². The third-order valence-electron chi connectivity index (χ3n) is 2.84. The molecule has 0 heterocycles. The Hall–Kier alpha value is -0.450. The molecule has 0 aromatic heterocycles. The number of hydrogen-bond donors (Lipinski definition) is 2. The number of ether oxygens (including phenoxy) is 1. The van der Waals surface area contributed by atoms with Crippen LogP contribution < -0.4 is 5.73 Å². The van der Waals surface area contributed by atoms with Crippen LogP contribution in [-0.2, 0) is 9.53 Å². The van der Waals surface area contributed by atoms with Gasteiger partial charge < -0.3 is 15.6 Å². The number of Topliss-reactive ketones (excluding diaryl/α,β-unsaturated/α-hetero) is 1. The predicted octanol–water partition coefficient (Wildman–Crippen LogP) is 1.60. The van der Waals surface area contributed by atoms with Gasteiger partial charge >= 0.3 is 0 Å². The molecule has 0 saturated heterocycles. The SMILES string of the molecule is CCCCCCCC(=O)C(C)(N)C(O)OC. The van der Waals surface area contributed by atoms with Crippen LogP contribution in [0.3, 0.4) is 0 Å². The maximum Gasteiger partial charge on any atom is 0.179 e. The summed E-state index contributed by atoms with van der Waals surface area (Å²) < 4.78 is 4.69. The van der Waals surface area contributed by atoms with Gasteiger partial charge in [-0.25, -0.2) is 0 Å². The Labute approximate surface area is 98.2 Å². The van der Waals surface area contributed by atoms with Crippen molar-refractivity contribution in [3.8, 4) is 0 Å². The van der Waals surface area contributed by atoms with Crippen molar-refractivity contribution in [1.82, 2.24) is 0 Å². The van der Waals surface area contributed by atoms with Gasteiger partial charge in [-0.2, -0.15) is 0 Å². The minimum atomic E-state index is -1.29. The van der Waals surface area contributed by atoms with E-state index in [4.69, 9.17) is 10.5 Å². The lowest BCUT2D eigenvalue weighted by molar-refractivity contribution is -0.150. The molecule has 4 heteroatoms. The van der Waals surface area contributed by atoms with Gasteiger partial charge in [0.1, 0.15) is 5.54 Å². The zero-order valence-corrected chi connectivity index (χ0v) is 10.7. The number of aliphatic hydroxyl groups excluding tert-OH is 1. The predicted molar refractivity (Wildman–Crippen MR) is 64.0 cm³/mol. The highest BCUT2D eigenvalue weighted by Crippen LogP contribution is 2.14. The molecular formula is C12H25NO3. The zero-order valence-electron chi connectivity index (χ0n) is 10.7. The van der Waals surface area contributed by atoms with Crippen molar-refractivity contribution >= 4 is 5.78 Å². The van der Waals surface area contributed by atoms with Crippen molar-refractivity contribution in [2.24, 2.45) is 5.73 Å². The molecule has 0 aromatic rings. The number of aliphatic hydroxyl groups is 1. The molecule has 0 saturated carbocycles. The van der Waals surface area contributed by atoms with Crippen molar-refractivity contribution in [1.29, 1.82) is 0 Å². The molecule has 0 aliphatic rings. The lowest BCUT2D eigenvalue weighted by Crippen LogP contribution is -2.55. The summed E-state index contributed by atoms with van der Waals surface area (Å²) in [5.74, 6) is -0.140. The molecule has 2 atom stereocenters. The Bertz CT molecular complexity index is 204. The van der Waals surface area contributed by atoms with Gasteiger partial charge in [0.25, 0.3) is 0 Å². The quantitative estimate of drug-likeness (QED) is 0.467. The fourth-order valence-electron chi connectivity index (χ4n) is 1.54. The largest absolute Gasteiger partial charge is 0.366 e. The number of methoxy groups -OCH3 is 1. The fraction of sp³-hybridized carbons (Fsp3) is 0.917. The van der Waals surface area contributed by atoms with Crippen LogP contribution >= 0.6 is 0 Å². The number of rotatable bonds is 9. The third kappa shape index (κ3) is 5.05. The third-order valence-corrected chi connectivity index (χ3v) is 2.84. The molecule has 0 aliphatic carbocycles. The van der Waals surface area contributed by atoms with Gasteiger partial charge in [-0.1, -0.05) is 32.6 Å². The Balaban J connectivity index is 3.87. The van der Waals surface area contributed by atoms with Gasteiger partial charge in [-0.15, -0.1) is 0 Å². The standard InChI is InChI=1S/C12H25NO3/c1-4-5-6-7-8-9-10(14)12(2,13)11(15)16-3/h11,15H,4-9,13H2,1-3H3. The van der Waals surface area contributed by atoms with E-state index in [2.05, 4.69) is 6.92 Å². The number of hydrogen-bond acceptors (Lipinski definition) is 4. The average molecular weight is 231 g/mol. The molecule has 3 N–H and O–H groups in total. The first kappa shape index (κ1) is 15.6. The monoisotopic (exact) mass is 231 g/mol. The summed E-state index contributed by atoms with van der Waals surface area (Å²) >= 11 is 0. The van der Waals surface area contributed by atoms with Crippen molar-refractivity contribution < 1.29 is 14.6 Å². The lowest BCUT2D eigenvalue weighted by atomic mass is 9.92. The van der Waals surface area contributed by atoms with Gasteiger partial charge in [0.2, 0.25) is 0 Å². The van der Waals surface area contributed by atoms with Crippen LogP contribution in [0.1, 0.15) is 52.4 Å². The summed E-state index contributed by atoms with van der Waals surface area (Å²) in [6.07, 6.45) is 4.60. The normalized spacial score (nSPS) is 16.8. The number of carbonyl (C=O) groups is 1. The second-order valence-electron chi connectivity index (χ2n) is 4.46. The Morgan fingerprint density at radius 2 is 1.94 bits per heavy atom. The molecule has 0 aliphatic heterocycles. The van der Waals surface area contributed by atoms with E-state index in [0.717, 1.165) is 19.3 Å². The molecule has 16 heavy (non-hydrogen) atoms. The molecular weight excluding hydrogens is 206 g/mol. The van der Waals surface area contributed by atoms with Gasteiger partial charge in [-0.3, -0.25) is 4.79 Å². The molecule has 0 bridgehead atoms. The first-order valence-corrected chi connectivity index (χ1v) is 5.99. The maximum atomic E-state index is 11.7. The van der Waals surface area contributed by atoms with Crippen LogP contribution in [0.5, 0.6) is 0 Å². The highest BCUT2D eigenvalue weighted by molar-refractivity contribution is 5.88. The van der Waals surface area contributed by atoms with E-state index < -0.39 is 11.8 Å². The average Bonchev–Trinajstić information content (AvgIpc) is 2.27. The summed E-state index contributed by atoms with van der Waals surface area (Å²) in [6.45, 7) is 3.66. The minimum absolute atomic E-state index is 0.140. The topological polar surface area (TPSA) is 72.6 Å². The van der Waals surface area contributed by atoms with E-state index in [0.29, 0.717) is 6.42 Å². The summed E-state index contributed by atoms with van der Waals surface area (Å²) in [6, 6.07) is 0. The zero-order chi connectivity index (χ0) is 12.6. The van der Waals surface area contributed by atoms with E-state index in [1.54, 1.807) is 0 Å². The van der Waals surface area contributed by atoms with Crippen LogP contribution in [-0.4, -0.2) is 29.8 Å². The number of carbonyl (C=O) groups excluding carboxylic acids is 1. The molecule has 4 nitrogen and oxygen atoms in total. The smallest absolute Gasteiger partial charge is 0.179 e. The molecule has 2 unspecified atom stereocenters. The highest BCUT2D eigenvalue weighted by Gasteiger charge is 2.35. The molecule has 0 amide bonds. The van der Waals surface area contributed by atoms with Crippen LogP contribution in [0.25, 0.3) is 0 Å². The summed E-state index contributed by atoms with van der Waals surface area (Å²) in [5, 5.41) is 9.43. The summed E-state index contributed by atoms with van der Waals surface area (Å²) in [7, 11) is 1.34. The van der Waals surface area contributed by atoms with Gasteiger partial charge in [-0.05, 0) is 13.3 Å². The Morgan fingerprint density at radius 1 is 1.38 bits per heavy atom. The number of ketones is 1. The molecule has 0 rings (SSSR count). The molecule has 96 valence electrons. The second-order valence-corrected chi connectivity index (χ2v) is 4.46. The second kappa shape index (κ2) is 7.76. The fourth-order valence-corrected chi connectivity index (χ4v) is 1.54. The van der Waals surface area contributed by atoms with E-state index in [9.17, 15) is 9.90 Å². The van der Waals surface area contributed by atoms with E-state index >= 15 is 0 Å². The van der Waals surface area contributed by atoms with Crippen molar-refractivity contribution in [3.05, 3.63) is 0 Å². The van der Waals surface area contributed by atoms with Crippen molar-refractivity contribution in [3.63, 3.8) is 0 Å². The first-order valence-electron chi connectivity index (χ1n) is 5.99. The van der Waals surface area contributed by atoms with E-state index in [1.165, 1.54) is 26.9 Å². The number of unbranched alkanes of at least 4 members (excludes halogenated alkanes) is 4. The number of nitrogens with two attached hydrogens (primary N) is 1. The lowest BCUT2D eigenvalue weighted by Gasteiger charge is -2.27. The van der Waals surface area contributed by atoms with Crippen LogP contribution in [0.2, 0.25) is 0 Å². The minimum Gasteiger partial charge on any atom is -0.366 e. The molecule has 0 aromatic carbocycles. The molecule has 0 radical (unpaired) electrons. The summed E-state index contributed by atoms with van der Waals surface area (Å²) in [5.41, 5.74) is 4.44. The Morgan fingerprint density at radius 3 is 2.44 bits per heavy atom. The Kier molecular flexibility index (Phi) is 7.55. The van der Waals surface area contributed by atoms with Crippen molar-refractivity contribution in [2.75, 3.05) is 7.11 Å².